The Balaban J connectivity index is 2.00. The number of imidazole rings is 1. The van der Waals surface area contributed by atoms with Gasteiger partial charge in [-0.05, 0) is 12.0 Å². The van der Waals surface area contributed by atoms with Gasteiger partial charge < -0.3 is 15.9 Å². The maximum Gasteiger partial charge on any atom is 0.280 e. The summed E-state index contributed by atoms with van der Waals surface area (Å²) in [5.74, 6) is -0.0119. The molecule has 1 fully saturated rings. The second-order valence-corrected chi connectivity index (χ2v) is 4.54. The van der Waals surface area contributed by atoms with Crippen molar-refractivity contribution in [2.45, 2.75) is 12.5 Å². The summed E-state index contributed by atoms with van der Waals surface area (Å²) in [4.78, 5) is 22.0. The molecule has 1 aliphatic rings. The van der Waals surface area contributed by atoms with Crippen LogP contribution in [0.2, 0.25) is 0 Å². The zero-order valence-electron chi connectivity index (χ0n) is 9.95. The fourth-order valence-electron chi connectivity index (χ4n) is 2.07. The van der Waals surface area contributed by atoms with Crippen molar-refractivity contribution in [1.29, 1.82) is 0 Å². The zero-order chi connectivity index (χ0) is 13.6. The van der Waals surface area contributed by atoms with Crippen molar-refractivity contribution in [1.82, 2.24) is 19.5 Å². The van der Waals surface area contributed by atoms with Crippen LogP contribution in [0.15, 0.2) is 16.7 Å². The van der Waals surface area contributed by atoms with Crippen LogP contribution in [0.1, 0.15) is 6.42 Å². The summed E-state index contributed by atoms with van der Waals surface area (Å²) in [5, 5.41) is 18.4. The molecule has 1 aliphatic carbocycles. The number of nitrogen functional groups attached to an aromatic ring is 1. The molecule has 0 aliphatic heterocycles. The van der Waals surface area contributed by atoms with Gasteiger partial charge in [0, 0.05) is 12.1 Å². The van der Waals surface area contributed by atoms with E-state index in [1.54, 1.807) is 10.8 Å². The van der Waals surface area contributed by atoms with Crippen LogP contribution in [-0.4, -0.2) is 42.4 Å². The van der Waals surface area contributed by atoms with Gasteiger partial charge in [0.2, 0.25) is 5.95 Å². The lowest BCUT2D eigenvalue weighted by Crippen LogP contribution is -2.14. The number of aromatic nitrogens is 4. The molecule has 0 aromatic carbocycles. The van der Waals surface area contributed by atoms with Crippen LogP contribution in [0.4, 0.5) is 5.95 Å². The summed E-state index contributed by atoms with van der Waals surface area (Å²) in [6.07, 6.45) is 3.19. The van der Waals surface area contributed by atoms with Crippen LogP contribution in [0, 0.1) is 5.92 Å². The number of anilines is 1. The Kier molecular flexibility index (Phi) is 2.61. The van der Waals surface area contributed by atoms with Gasteiger partial charge in [-0.1, -0.05) is 0 Å². The van der Waals surface area contributed by atoms with Gasteiger partial charge in [0.1, 0.15) is 6.33 Å². The smallest absolute Gasteiger partial charge is 0.280 e. The van der Waals surface area contributed by atoms with E-state index in [2.05, 4.69) is 15.0 Å². The topological polar surface area (TPSA) is 130 Å². The molecule has 3 rings (SSSR count). The molecular weight excluding hydrogens is 250 g/mol. The lowest BCUT2D eigenvalue weighted by molar-refractivity contribution is 0.0815. The molecule has 8 heteroatoms. The molecule has 1 saturated carbocycles. The van der Waals surface area contributed by atoms with E-state index in [0.717, 1.165) is 5.57 Å². The van der Waals surface area contributed by atoms with Gasteiger partial charge in [0.05, 0.1) is 12.7 Å². The number of hydrogen-bond acceptors (Lipinski definition) is 6. The quantitative estimate of drug-likeness (QED) is 0.557. The minimum atomic E-state index is -0.748. The van der Waals surface area contributed by atoms with Crippen LogP contribution in [-0.2, 0) is 0 Å². The Hall–Kier alpha value is -2.19. The lowest BCUT2D eigenvalue weighted by atomic mass is 10.2. The van der Waals surface area contributed by atoms with E-state index in [1.807, 2.05) is 0 Å². The monoisotopic (exact) mass is 263 g/mol. The molecule has 2 aromatic rings. The molecule has 5 N–H and O–H groups in total. The van der Waals surface area contributed by atoms with Crippen LogP contribution in [0.5, 0.6) is 0 Å². The number of aliphatic hydroxyl groups excluding tert-OH is 2. The van der Waals surface area contributed by atoms with Crippen molar-refractivity contribution in [2.24, 2.45) is 5.92 Å². The van der Waals surface area contributed by atoms with Crippen molar-refractivity contribution in [3.05, 3.63) is 22.3 Å². The number of aliphatic hydroxyl groups is 2. The molecular formula is C11H13N5O3. The summed E-state index contributed by atoms with van der Waals surface area (Å²) in [7, 11) is 0. The van der Waals surface area contributed by atoms with Crippen LogP contribution in [0.3, 0.4) is 0 Å². The van der Waals surface area contributed by atoms with E-state index in [0.29, 0.717) is 12.1 Å². The highest BCUT2D eigenvalue weighted by Gasteiger charge is 2.36. The highest BCUT2D eigenvalue weighted by Crippen LogP contribution is 2.41. The van der Waals surface area contributed by atoms with E-state index < -0.39 is 6.10 Å². The molecule has 100 valence electrons. The summed E-state index contributed by atoms with van der Waals surface area (Å²) in [6.45, 7) is -0.266. The fourth-order valence-corrected chi connectivity index (χ4v) is 2.07. The maximum atomic E-state index is 11.6. The highest BCUT2D eigenvalue weighted by molar-refractivity contribution is 5.73. The minimum Gasteiger partial charge on any atom is -0.394 e. The van der Waals surface area contributed by atoms with Crippen LogP contribution >= 0.6 is 0 Å². The average Bonchev–Trinajstić information content (AvgIpc) is 3.02. The number of nitrogens with two attached hydrogens (primary N) is 1. The number of rotatable bonds is 3. The number of aromatic amines is 1. The summed E-state index contributed by atoms with van der Waals surface area (Å²) >= 11 is 0. The molecule has 0 amide bonds. The van der Waals surface area contributed by atoms with Crippen molar-refractivity contribution in [3.8, 4) is 0 Å². The van der Waals surface area contributed by atoms with E-state index in [4.69, 9.17) is 10.8 Å². The highest BCUT2D eigenvalue weighted by atomic mass is 16.3. The van der Waals surface area contributed by atoms with Gasteiger partial charge in [-0.15, -0.1) is 0 Å². The van der Waals surface area contributed by atoms with Gasteiger partial charge in [-0.2, -0.15) is 4.98 Å². The number of hydrogen-bond donors (Lipinski definition) is 4. The second kappa shape index (κ2) is 4.18. The van der Waals surface area contributed by atoms with Gasteiger partial charge in [0.15, 0.2) is 11.2 Å². The van der Waals surface area contributed by atoms with Crippen LogP contribution < -0.4 is 11.3 Å². The molecule has 0 saturated heterocycles. The van der Waals surface area contributed by atoms with Crippen molar-refractivity contribution in [3.63, 3.8) is 0 Å². The largest absolute Gasteiger partial charge is 0.394 e. The fraction of sp³-hybridized carbons (Fsp3) is 0.364. The average molecular weight is 263 g/mol. The molecule has 0 bridgehead atoms. The van der Waals surface area contributed by atoms with Crippen LogP contribution in [0.25, 0.3) is 17.4 Å². The summed E-state index contributed by atoms with van der Waals surface area (Å²) < 4.78 is 1.60. The van der Waals surface area contributed by atoms with E-state index >= 15 is 0 Å². The minimum absolute atomic E-state index is 0.0281. The molecule has 1 unspecified atom stereocenters. The van der Waals surface area contributed by atoms with Crippen molar-refractivity contribution >= 4 is 23.3 Å². The van der Waals surface area contributed by atoms with E-state index in [9.17, 15) is 9.90 Å². The molecule has 2 atom stereocenters. The van der Waals surface area contributed by atoms with Gasteiger partial charge in [-0.3, -0.25) is 14.3 Å². The molecule has 19 heavy (non-hydrogen) atoms. The normalized spacial score (nSPS) is 22.0. The number of fused-ring (bicyclic) bond motifs is 1. The first-order chi connectivity index (χ1) is 9.10. The van der Waals surface area contributed by atoms with Gasteiger partial charge in [0.25, 0.3) is 5.56 Å². The Morgan fingerprint density at radius 3 is 3.21 bits per heavy atom. The summed E-state index contributed by atoms with van der Waals surface area (Å²) in [6, 6.07) is 0. The van der Waals surface area contributed by atoms with E-state index in [1.165, 1.54) is 6.33 Å². The molecule has 2 heterocycles. The summed E-state index contributed by atoms with van der Waals surface area (Å²) in [5.41, 5.74) is 6.67. The Labute approximate surface area is 107 Å². The number of nitrogens with one attached hydrogen (secondary N) is 1. The third-order valence-corrected chi connectivity index (χ3v) is 3.18. The zero-order valence-corrected chi connectivity index (χ0v) is 9.95. The second-order valence-electron chi connectivity index (χ2n) is 4.54. The molecule has 2 aromatic heterocycles. The third-order valence-electron chi connectivity index (χ3n) is 3.18. The molecule has 0 spiro atoms. The Bertz CT molecular complexity index is 717. The number of H-pyrrole nitrogens is 1. The van der Waals surface area contributed by atoms with Crippen molar-refractivity contribution in [2.75, 3.05) is 12.3 Å². The van der Waals surface area contributed by atoms with E-state index in [-0.39, 0.29) is 29.5 Å². The van der Waals surface area contributed by atoms with Gasteiger partial charge >= 0.3 is 0 Å². The third kappa shape index (κ3) is 2.00. The Morgan fingerprint density at radius 1 is 1.68 bits per heavy atom. The predicted molar refractivity (Wildman–Crippen MR) is 68.0 cm³/mol. The molecule has 0 radical (unpaired) electrons. The first-order valence-electron chi connectivity index (χ1n) is 5.82. The first kappa shape index (κ1) is 11.9. The molecule has 8 nitrogen and oxygen atoms in total. The lowest BCUT2D eigenvalue weighted by Gasteiger charge is -2.01. The predicted octanol–water partition coefficient (Wildman–Crippen LogP) is -1.08. The first-order valence-corrected chi connectivity index (χ1v) is 5.82. The standard InChI is InChI=1S/C11H13N5O3/c12-11-14-9-8(10(19)15-11)13-4-16(9)2-5-1-6(5)7(18)3-17/h2,4,6-7,17-18H,1,3H2,(H3,12,14,15,19)/b5-2-/t6?,7-/m1/s1. The number of nitrogens with zero attached hydrogens (tertiary/aromatic N) is 3. The maximum absolute atomic E-state index is 11.6. The Morgan fingerprint density at radius 2 is 2.47 bits per heavy atom. The SMILES string of the molecule is Nc1nc2c(ncn2/C=C2/CC2[C@H](O)CO)c(=O)[nH]1. The van der Waals surface area contributed by atoms with Crippen molar-refractivity contribution < 1.29 is 10.2 Å². The van der Waals surface area contributed by atoms with Gasteiger partial charge in [-0.25, -0.2) is 4.98 Å².